The van der Waals surface area contributed by atoms with Crippen molar-refractivity contribution in [1.29, 1.82) is 0 Å². The van der Waals surface area contributed by atoms with E-state index < -0.39 is 0 Å². The van der Waals surface area contributed by atoms with Crippen molar-refractivity contribution >= 4 is 5.91 Å². The van der Waals surface area contributed by atoms with Crippen molar-refractivity contribution in [2.45, 2.75) is 96.8 Å². The van der Waals surface area contributed by atoms with E-state index in [0.717, 1.165) is 45.6 Å². The molecule has 0 spiro atoms. The summed E-state index contributed by atoms with van der Waals surface area (Å²) in [5.74, 6) is 0.151. The minimum atomic E-state index is 0.151. The fourth-order valence-electron chi connectivity index (χ4n) is 3.81. The first kappa shape index (κ1) is 26.1. The topological polar surface area (TPSA) is 55.8 Å². The fraction of sp³-hybridized carbons (Fsp3) is 0.875. The normalized spacial score (nSPS) is 15.9. The molecule has 0 atom stereocenters. The van der Waals surface area contributed by atoms with Gasteiger partial charge in [0, 0.05) is 39.1 Å². The zero-order valence-electron chi connectivity index (χ0n) is 19.0. The molecule has 1 amide bonds. The van der Waals surface area contributed by atoms with Gasteiger partial charge in [0.25, 0.3) is 0 Å². The number of nitrogens with zero attached hydrogens (tertiary/aromatic N) is 2. The van der Waals surface area contributed by atoms with Crippen LogP contribution in [0.2, 0.25) is 0 Å². The molecule has 1 saturated heterocycles. The zero-order valence-corrected chi connectivity index (χ0v) is 19.0. The first-order chi connectivity index (χ1) is 14.3. The average Bonchev–Trinajstić information content (AvgIpc) is 2.72. The van der Waals surface area contributed by atoms with Gasteiger partial charge in [0.2, 0.25) is 5.91 Å². The zero-order chi connectivity index (χ0) is 21.0. The first-order valence-electron chi connectivity index (χ1n) is 12.3. The summed E-state index contributed by atoms with van der Waals surface area (Å²) >= 11 is 0. The molecule has 0 aromatic carbocycles. The molecule has 1 rings (SSSR count). The van der Waals surface area contributed by atoms with Crippen LogP contribution in [-0.4, -0.2) is 60.3 Å². The van der Waals surface area contributed by atoms with Gasteiger partial charge in [-0.05, 0) is 32.1 Å². The fourth-order valence-corrected chi connectivity index (χ4v) is 3.81. The van der Waals surface area contributed by atoms with E-state index in [9.17, 15) is 4.79 Å². The molecule has 0 aliphatic carbocycles. The smallest absolute Gasteiger partial charge is 0.234 e. The van der Waals surface area contributed by atoms with Gasteiger partial charge < -0.3 is 5.11 Å². The number of rotatable bonds is 18. The molecule has 1 heterocycles. The second kappa shape index (κ2) is 19.1. The Morgan fingerprint density at radius 1 is 0.828 bits per heavy atom. The van der Waals surface area contributed by atoms with Crippen molar-refractivity contribution < 1.29 is 9.90 Å². The van der Waals surface area contributed by atoms with Crippen LogP contribution in [-0.2, 0) is 4.79 Å². The van der Waals surface area contributed by atoms with Gasteiger partial charge in [0.1, 0.15) is 0 Å². The molecule has 2 N–H and O–H groups in total. The molecule has 1 aliphatic rings. The van der Waals surface area contributed by atoms with Crippen molar-refractivity contribution in [2.75, 3.05) is 39.3 Å². The van der Waals surface area contributed by atoms with Crippen LogP contribution in [0.15, 0.2) is 12.2 Å². The Labute approximate surface area is 179 Å². The van der Waals surface area contributed by atoms with E-state index in [-0.39, 0.29) is 12.5 Å². The number of β-amino-alcohol motifs (C(OH)–C–C–N with tert-alkyl or cyclic N) is 1. The van der Waals surface area contributed by atoms with Crippen molar-refractivity contribution in [3.05, 3.63) is 12.2 Å². The number of hydrogen-bond donors (Lipinski definition) is 2. The summed E-state index contributed by atoms with van der Waals surface area (Å²) in [5.41, 5.74) is 3.03. The summed E-state index contributed by atoms with van der Waals surface area (Å²) in [7, 11) is 0. The molecule has 29 heavy (non-hydrogen) atoms. The van der Waals surface area contributed by atoms with Crippen LogP contribution in [0.5, 0.6) is 0 Å². The van der Waals surface area contributed by atoms with E-state index in [1.165, 1.54) is 70.6 Å². The third-order valence-electron chi connectivity index (χ3n) is 5.74. The quantitative estimate of drug-likeness (QED) is 0.255. The lowest BCUT2D eigenvalue weighted by Gasteiger charge is -2.34. The summed E-state index contributed by atoms with van der Waals surface area (Å²) in [6.07, 6.45) is 22.0. The largest absolute Gasteiger partial charge is 0.395 e. The maximum atomic E-state index is 12.0. The number of carbonyl (C=O) groups excluding carboxylic acids is 1. The Balaban J connectivity index is 1.83. The summed E-state index contributed by atoms with van der Waals surface area (Å²) in [4.78, 5) is 14.3. The van der Waals surface area contributed by atoms with Gasteiger partial charge in [0.05, 0.1) is 6.61 Å². The first-order valence-corrected chi connectivity index (χ1v) is 12.3. The van der Waals surface area contributed by atoms with Gasteiger partial charge in [-0.25, -0.2) is 5.01 Å². The average molecular weight is 410 g/mol. The Bertz CT molecular complexity index is 407. The van der Waals surface area contributed by atoms with Crippen LogP contribution >= 0.6 is 0 Å². The molecule has 0 bridgehead atoms. The predicted octanol–water partition coefficient (Wildman–Crippen LogP) is 4.67. The lowest BCUT2D eigenvalue weighted by Crippen LogP contribution is -2.53. The number of hydrazine groups is 1. The summed E-state index contributed by atoms with van der Waals surface area (Å²) in [6, 6.07) is 0. The summed E-state index contributed by atoms with van der Waals surface area (Å²) in [5, 5.41) is 11.0. The molecule has 5 nitrogen and oxygen atoms in total. The number of piperazine rings is 1. The second-order valence-electron chi connectivity index (χ2n) is 8.42. The molecule has 1 fully saturated rings. The standard InChI is InChI=1S/C24H47N3O2/c1-2-3-4-5-6-7-8-9-10-11-12-13-14-15-16-17-24(29)25-27-20-18-26(19-21-27)22-23-28/h9-10,28H,2-8,11-23H2,1H3,(H,25,29). The number of nitrogens with one attached hydrogen (secondary N) is 1. The van der Waals surface area contributed by atoms with Crippen LogP contribution in [0.3, 0.4) is 0 Å². The number of amides is 1. The Kier molecular flexibility index (Phi) is 17.2. The van der Waals surface area contributed by atoms with Crippen molar-refractivity contribution in [3.8, 4) is 0 Å². The van der Waals surface area contributed by atoms with Gasteiger partial charge >= 0.3 is 0 Å². The highest BCUT2D eigenvalue weighted by molar-refractivity contribution is 5.75. The third kappa shape index (κ3) is 15.6. The summed E-state index contributed by atoms with van der Waals surface area (Å²) in [6.45, 7) is 6.72. The van der Waals surface area contributed by atoms with Gasteiger partial charge in [0.15, 0.2) is 0 Å². The van der Waals surface area contributed by atoms with Gasteiger partial charge in [-0.3, -0.25) is 15.1 Å². The highest BCUT2D eigenvalue weighted by atomic mass is 16.3. The highest BCUT2D eigenvalue weighted by Crippen LogP contribution is 2.10. The molecule has 0 unspecified atom stereocenters. The Morgan fingerprint density at radius 3 is 1.97 bits per heavy atom. The maximum Gasteiger partial charge on any atom is 0.234 e. The minimum absolute atomic E-state index is 0.151. The SMILES string of the molecule is CCCCCCCCC=CCCCCCCCC(=O)NN1CCN(CCO)CC1. The van der Waals surface area contributed by atoms with Crippen LogP contribution in [0, 0.1) is 0 Å². The van der Waals surface area contributed by atoms with Crippen LogP contribution in [0.1, 0.15) is 96.8 Å². The number of allylic oxidation sites excluding steroid dienone is 2. The molecule has 0 saturated carbocycles. The molecule has 1 aliphatic heterocycles. The molecule has 170 valence electrons. The van der Waals surface area contributed by atoms with Crippen LogP contribution in [0.4, 0.5) is 0 Å². The second-order valence-corrected chi connectivity index (χ2v) is 8.42. The highest BCUT2D eigenvalue weighted by Gasteiger charge is 2.17. The van der Waals surface area contributed by atoms with E-state index in [1.807, 2.05) is 5.01 Å². The van der Waals surface area contributed by atoms with Gasteiger partial charge in [-0.2, -0.15) is 0 Å². The van der Waals surface area contributed by atoms with E-state index >= 15 is 0 Å². The van der Waals surface area contributed by atoms with Crippen molar-refractivity contribution in [1.82, 2.24) is 15.3 Å². The molecule has 0 aromatic rings. The number of aliphatic hydroxyl groups excluding tert-OH is 1. The van der Waals surface area contributed by atoms with E-state index in [4.69, 9.17) is 5.11 Å². The lowest BCUT2D eigenvalue weighted by molar-refractivity contribution is -0.127. The maximum absolute atomic E-state index is 12.0. The van der Waals surface area contributed by atoms with E-state index in [0.29, 0.717) is 6.42 Å². The monoisotopic (exact) mass is 409 g/mol. The van der Waals surface area contributed by atoms with Gasteiger partial charge in [-0.1, -0.05) is 70.4 Å². The Hall–Kier alpha value is -0.910. The van der Waals surface area contributed by atoms with Gasteiger partial charge in [-0.15, -0.1) is 0 Å². The van der Waals surface area contributed by atoms with E-state index in [2.05, 4.69) is 29.4 Å². The Morgan fingerprint density at radius 2 is 1.38 bits per heavy atom. The molecule has 0 radical (unpaired) electrons. The molecular weight excluding hydrogens is 362 g/mol. The molecular formula is C24H47N3O2. The minimum Gasteiger partial charge on any atom is -0.395 e. The van der Waals surface area contributed by atoms with Crippen molar-refractivity contribution in [2.24, 2.45) is 0 Å². The number of carbonyl (C=O) groups is 1. The van der Waals surface area contributed by atoms with Crippen LogP contribution < -0.4 is 5.43 Å². The van der Waals surface area contributed by atoms with E-state index in [1.54, 1.807) is 0 Å². The molecule has 0 aromatic heterocycles. The summed E-state index contributed by atoms with van der Waals surface area (Å²) < 4.78 is 0. The van der Waals surface area contributed by atoms with Crippen LogP contribution in [0.25, 0.3) is 0 Å². The molecule has 5 heteroatoms. The lowest BCUT2D eigenvalue weighted by atomic mass is 10.1. The number of aliphatic hydroxyl groups is 1. The van der Waals surface area contributed by atoms with Crippen molar-refractivity contribution in [3.63, 3.8) is 0 Å². The number of unbranched alkanes of at least 4 members (excludes halogenated alkanes) is 11. The third-order valence-corrected chi connectivity index (χ3v) is 5.74. The predicted molar refractivity (Wildman–Crippen MR) is 123 cm³/mol. The number of hydrogen-bond acceptors (Lipinski definition) is 4.